The smallest absolute Gasteiger partial charge is 0.0514 e. The molecule has 0 radical (unpaired) electrons. The molecule has 0 spiro atoms. The summed E-state index contributed by atoms with van der Waals surface area (Å²) in [5.74, 6) is 0. The first kappa shape index (κ1) is 11.1. The van der Waals surface area contributed by atoms with E-state index in [1.807, 2.05) is 0 Å². The molecule has 0 aliphatic rings. The van der Waals surface area contributed by atoms with Crippen molar-refractivity contribution >= 4 is 16.6 Å². The first-order valence-corrected chi connectivity index (χ1v) is 5.80. The first-order valence-electron chi connectivity index (χ1n) is 5.80. The summed E-state index contributed by atoms with van der Waals surface area (Å²) in [4.78, 5) is 2.17. The third-order valence-electron chi connectivity index (χ3n) is 3.24. The van der Waals surface area contributed by atoms with Gasteiger partial charge in [0.15, 0.2) is 0 Å². The lowest BCUT2D eigenvalue weighted by molar-refractivity contribution is 0.950. The van der Waals surface area contributed by atoms with Gasteiger partial charge in [0.2, 0.25) is 0 Å². The summed E-state index contributed by atoms with van der Waals surface area (Å²) in [6, 6.07) is 4.57. The molecule has 86 valence electrons. The van der Waals surface area contributed by atoms with Gasteiger partial charge in [0, 0.05) is 38.4 Å². The molecule has 2 rings (SSSR count). The molecule has 0 amide bonds. The van der Waals surface area contributed by atoms with Gasteiger partial charge < -0.3 is 9.47 Å². The highest BCUT2D eigenvalue weighted by molar-refractivity contribution is 5.90. The molecular weight excluding hydrogens is 196 g/mol. The number of nitrogens with zero attached hydrogens (tertiary/aromatic N) is 2. The van der Waals surface area contributed by atoms with Crippen LogP contribution in [0.4, 0.5) is 5.69 Å². The summed E-state index contributed by atoms with van der Waals surface area (Å²) in [6.07, 6.45) is 3.29. The van der Waals surface area contributed by atoms with Crippen LogP contribution in [0.5, 0.6) is 0 Å². The standard InChI is InChI=1S/C14H20N2/c1-6-11-7-12(15(3)4)8-13-10(2)9-16(5)14(11)13/h7-9H,6H2,1-5H3. The van der Waals surface area contributed by atoms with Gasteiger partial charge in [-0.3, -0.25) is 0 Å². The van der Waals surface area contributed by atoms with Crippen molar-refractivity contribution in [2.45, 2.75) is 20.3 Å². The van der Waals surface area contributed by atoms with Crippen LogP contribution >= 0.6 is 0 Å². The zero-order chi connectivity index (χ0) is 11.9. The molecule has 2 aromatic rings. The van der Waals surface area contributed by atoms with Crippen LogP contribution in [0.2, 0.25) is 0 Å². The molecule has 0 aliphatic heterocycles. The van der Waals surface area contributed by atoms with Gasteiger partial charge in [0.05, 0.1) is 5.52 Å². The zero-order valence-electron chi connectivity index (χ0n) is 10.8. The number of aryl methyl sites for hydroxylation is 3. The third kappa shape index (κ3) is 1.58. The molecule has 0 N–H and O–H groups in total. The van der Waals surface area contributed by atoms with Gasteiger partial charge in [0.25, 0.3) is 0 Å². The van der Waals surface area contributed by atoms with Crippen molar-refractivity contribution in [2.75, 3.05) is 19.0 Å². The van der Waals surface area contributed by atoms with Gasteiger partial charge >= 0.3 is 0 Å². The molecule has 2 nitrogen and oxygen atoms in total. The molecule has 0 unspecified atom stereocenters. The summed E-state index contributed by atoms with van der Waals surface area (Å²) in [5.41, 5.74) is 5.46. The van der Waals surface area contributed by atoms with Crippen molar-refractivity contribution in [1.29, 1.82) is 0 Å². The molecule has 1 aromatic heterocycles. The van der Waals surface area contributed by atoms with E-state index in [9.17, 15) is 0 Å². The van der Waals surface area contributed by atoms with Crippen LogP contribution in [0.25, 0.3) is 10.9 Å². The number of anilines is 1. The van der Waals surface area contributed by atoms with Crippen molar-refractivity contribution in [3.8, 4) is 0 Å². The Bertz CT molecular complexity index is 521. The highest BCUT2D eigenvalue weighted by atomic mass is 15.1. The Kier molecular flexibility index (Phi) is 2.66. The molecule has 0 bridgehead atoms. The normalized spacial score (nSPS) is 11.1. The number of fused-ring (bicyclic) bond motifs is 1. The summed E-state index contributed by atoms with van der Waals surface area (Å²) in [7, 11) is 6.32. The van der Waals surface area contributed by atoms with Crippen molar-refractivity contribution in [1.82, 2.24) is 4.57 Å². The number of benzene rings is 1. The Hall–Kier alpha value is -1.44. The summed E-state index contributed by atoms with van der Waals surface area (Å²) in [5, 5.41) is 1.38. The number of rotatable bonds is 2. The average molecular weight is 216 g/mol. The van der Waals surface area contributed by atoms with Gasteiger partial charge in [-0.25, -0.2) is 0 Å². The minimum atomic E-state index is 1.08. The minimum absolute atomic E-state index is 1.08. The highest BCUT2D eigenvalue weighted by Gasteiger charge is 2.09. The topological polar surface area (TPSA) is 8.17 Å². The van der Waals surface area contributed by atoms with E-state index in [2.05, 4.69) is 62.8 Å². The van der Waals surface area contributed by atoms with Crippen molar-refractivity contribution < 1.29 is 0 Å². The van der Waals surface area contributed by atoms with E-state index in [1.165, 1.54) is 27.7 Å². The van der Waals surface area contributed by atoms with E-state index in [0.29, 0.717) is 0 Å². The van der Waals surface area contributed by atoms with Crippen molar-refractivity contribution in [2.24, 2.45) is 7.05 Å². The maximum Gasteiger partial charge on any atom is 0.0514 e. The molecule has 0 saturated carbocycles. The molecule has 2 heteroatoms. The van der Waals surface area contributed by atoms with E-state index >= 15 is 0 Å². The summed E-state index contributed by atoms with van der Waals surface area (Å²) < 4.78 is 2.24. The van der Waals surface area contributed by atoms with Gasteiger partial charge in [0.1, 0.15) is 0 Å². The van der Waals surface area contributed by atoms with E-state index in [1.54, 1.807) is 0 Å². The van der Waals surface area contributed by atoms with Crippen LogP contribution in [0.3, 0.4) is 0 Å². The van der Waals surface area contributed by atoms with Crippen LogP contribution in [0.1, 0.15) is 18.1 Å². The van der Waals surface area contributed by atoms with E-state index in [4.69, 9.17) is 0 Å². The van der Waals surface area contributed by atoms with Crippen LogP contribution in [0, 0.1) is 6.92 Å². The van der Waals surface area contributed by atoms with Crippen LogP contribution < -0.4 is 4.90 Å². The average Bonchev–Trinajstić information content (AvgIpc) is 2.53. The largest absolute Gasteiger partial charge is 0.378 e. The highest BCUT2D eigenvalue weighted by Crippen LogP contribution is 2.29. The molecule has 0 saturated heterocycles. The number of hydrogen-bond donors (Lipinski definition) is 0. The Labute approximate surface area is 97.5 Å². The van der Waals surface area contributed by atoms with Gasteiger partial charge in [-0.15, -0.1) is 0 Å². The zero-order valence-corrected chi connectivity index (χ0v) is 10.8. The maximum atomic E-state index is 2.29. The van der Waals surface area contributed by atoms with Crippen LogP contribution in [-0.2, 0) is 13.5 Å². The molecule has 0 atom stereocenters. The Balaban J connectivity index is 2.81. The molecule has 1 aromatic carbocycles. The van der Waals surface area contributed by atoms with E-state index < -0.39 is 0 Å². The fourth-order valence-corrected chi connectivity index (χ4v) is 2.35. The Morgan fingerprint density at radius 2 is 1.94 bits per heavy atom. The molecular formula is C14H20N2. The second-order valence-electron chi connectivity index (χ2n) is 4.67. The lowest BCUT2D eigenvalue weighted by Gasteiger charge is -2.15. The van der Waals surface area contributed by atoms with Crippen molar-refractivity contribution in [3.63, 3.8) is 0 Å². The van der Waals surface area contributed by atoms with Crippen molar-refractivity contribution in [3.05, 3.63) is 29.5 Å². The predicted octanol–water partition coefficient (Wildman–Crippen LogP) is 3.12. The summed E-state index contributed by atoms with van der Waals surface area (Å²) in [6.45, 7) is 4.40. The lowest BCUT2D eigenvalue weighted by atomic mass is 10.1. The number of aromatic nitrogens is 1. The third-order valence-corrected chi connectivity index (χ3v) is 3.24. The molecule has 0 aliphatic carbocycles. The van der Waals surface area contributed by atoms with Gasteiger partial charge in [-0.05, 0) is 36.6 Å². The Morgan fingerprint density at radius 1 is 1.25 bits per heavy atom. The molecule has 0 fully saturated rings. The predicted molar refractivity (Wildman–Crippen MR) is 71.4 cm³/mol. The molecule has 1 heterocycles. The second-order valence-corrected chi connectivity index (χ2v) is 4.67. The summed E-state index contributed by atoms with van der Waals surface area (Å²) >= 11 is 0. The monoisotopic (exact) mass is 216 g/mol. The SMILES string of the molecule is CCc1cc(N(C)C)cc2c(C)cn(C)c12. The quantitative estimate of drug-likeness (QED) is 0.749. The van der Waals surface area contributed by atoms with E-state index in [0.717, 1.165) is 6.42 Å². The van der Waals surface area contributed by atoms with Crippen LogP contribution in [-0.4, -0.2) is 18.7 Å². The Morgan fingerprint density at radius 3 is 2.50 bits per heavy atom. The van der Waals surface area contributed by atoms with Gasteiger partial charge in [-0.1, -0.05) is 6.92 Å². The second kappa shape index (κ2) is 3.85. The fraction of sp³-hybridized carbons (Fsp3) is 0.429. The molecule has 16 heavy (non-hydrogen) atoms. The minimum Gasteiger partial charge on any atom is -0.378 e. The van der Waals surface area contributed by atoms with Gasteiger partial charge in [-0.2, -0.15) is 0 Å². The fourth-order valence-electron chi connectivity index (χ4n) is 2.35. The van der Waals surface area contributed by atoms with E-state index in [-0.39, 0.29) is 0 Å². The maximum absolute atomic E-state index is 2.29. The first-order chi connectivity index (χ1) is 7.54. The lowest BCUT2D eigenvalue weighted by Crippen LogP contribution is -2.09. The number of hydrogen-bond acceptors (Lipinski definition) is 1. The van der Waals surface area contributed by atoms with Crippen LogP contribution in [0.15, 0.2) is 18.3 Å².